The van der Waals surface area contributed by atoms with Crippen LogP contribution in [-0.4, -0.2) is 57.9 Å². The molecule has 0 N–H and O–H groups in total. The van der Waals surface area contributed by atoms with Crippen LogP contribution in [0.1, 0.15) is 12.7 Å². The zero-order valence-electron chi connectivity index (χ0n) is 16.1. The molecule has 10 heteroatoms. The molecule has 0 radical (unpaired) electrons. The van der Waals surface area contributed by atoms with Gasteiger partial charge < -0.3 is 14.2 Å². The van der Waals surface area contributed by atoms with Crippen LogP contribution >= 0.6 is 11.8 Å². The standard InChI is InChI=1S/C20H18N4O5S/c1-13(25)22-7-9-23(10-8-22)20-21-19(26)18(30-20)12-16-5-6-17(29-16)14-3-2-4-15(11-14)24(27)28/h2-6,11-12H,7-10H2,1H3/b18-12-. The highest BCUT2D eigenvalue weighted by Gasteiger charge is 2.29. The van der Waals surface area contributed by atoms with Gasteiger partial charge in [0, 0.05) is 56.9 Å². The number of thioether (sulfide) groups is 1. The highest BCUT2D eigenvalue weighted by Crippen LogP contribution is 2.32. The number of nitro benzene ring substituents is 1. The van der Waals surface area contributed by atoms with E-state index in [4.69, 9.17) is 4.42 Å². The Morgan fingerprint density at radius 1 is 1.23 bits per heavy atom. The minimum Gasteiger partial charge on any atom is -0.457 e. The molecule has 4 rings (SSSR count). The number of amides is 2. The van der Waals surface area contributed by atoms with E-state index in [1.54, 1.807) is 42.2 Å². The Bertz CT molecular complexity index is 1080. The largest absolute Gasteiger partial charge is 0.457 e. The summed E-state index contributed by atoms with van der Waals surface area (Å²) in [5.41, 5.74) is 0.563. The molecule has 0 unspecified atom stereocenters. The molecule has 154 valence electrons. The van der Waals surface area contributed by atoms with E-state index in [-0.39, 0.29) is 17.5 Å². The van der Waals surface area contributed by atoms with E-state index in [0.29, 0.717) is 53.3 Å². The fourth-order valence-electron chi connectivity index (χ4n) is 3.23. The predicted molar refractivity (Wildman–Crippen MR) is 113 cm³/mol. The van der Waals surface area contributed by atoms with Crippen molar-refractivity contribution in [2.24, 2.45) is 4.99 Å². The Labute approximate surface area is 176 Å². The topological polar surface area (TPSA) is 109 Å². The van der Waals surface area contributed by atoms with Crippen LogP contribution in [0.25, 0.3) is 17.4 Å². The van der Waals surface area contributed by atoms with Gasteiger partial charge in [0.15, 0.2) is 5.17 Å². The fraction of sp³-hybridized carbons (Fsp3) is 0.250. The number of piperazine rings is 1. The van der Waals surface area contributed by atoms with Crippen LogP contribution in [-0.2, 0) is 9.59 Å². The molecule has 2 aliphatic rings. The number of hydrogen-bond donors (Lipinski definition) is 0. The highest BCUT2D eigenvalue weighted by atomic mass is 32.2. The maximum atomic E-state index is 12.3. The Balaban J connectivity index is 1.45. The molecular weight excluding hydrogens is 408 g/mol. The van der Waals surface area contributed by atoms with Gasteiger partial charge in [0.2, 0.25) is 5.91 Å². The van der Waals surface area contributed by atoms with Crippen LogP contribution in [0.3, 0.4) is 0 Å². The second-order valence-electron chi connectivity index (χ2n) is 6.81. The number of furan rings is 1. The van der Waals surface area contributed by atoms with Crippen LogP contribution in [0.5, 0.6) is 0 Å². The lowest BCUT2D eigenvalue weighted by Gasteiger charge is -2.34. The van der Waals surface area contributed by atoms with E-state index in [1.165, 1.54) is 23.9 Å². The molecule has 0 aliphatic carbocycles. The summed E-state index contributed by atoms with van der Waals surface area (Å²) in [4.78, 5) is 42.6. The Hall–Kier alpha value is -3.40. The molecule has 0 spiro atoms. The van der Waals surface area contributed by atoms with E-state index in [0.717, 1.165) is 0 Å². The molecule has 9 nitrogen and oxygen atoms in total. The Kier molecular flexibility index (Phi) is 5.40. The lowest BCUT2D eigenvalue weighted by molar-refractivity contribution is -0.384. The summed E-state index contributed by atoms with van der Waals surface area (Å²) in [6, 6.07) is 9.58. The molecule has 1 aromatic carbocycles. The van der Waals surface area contributed by atoms with Gasteiger partial charge >= 0.3 is 0 Å². The van der Waals surface area contributed by atoms with E-state index in [1.807, 2.05) is 4.90 Å². The van der Waals surface area contributed by atoms with Crippen molar-refractivity contribution >= 4 is 40.5 Å². The van der Waals surface area contributed by atoms with Gasteiger partial charge in [-0.05, 0) is 23.9 Å². The number of hydrogen-bond acceptors (Lipinski definition) is 7. The summed E-state index contributed by atoms with van der Waals surface area (Å²) in [5, 5.41) is 11.6. The molecular formula is C20H18N4O5S. The van der Waals surface area contributed by atoms with Crippen molar-refractivity contribution in [1.29, 1.82) is 0 Å². The number of nitro groups is 1. The number of carbonyl (C=O) groups is 2. The lowest BCUT2D eigenvalue weighted by atomic mass is 10.1. The summed E-state index contributed by atoms with van der Waals surface area (Å²) in [7, 11) is 0. The first-order valence-electron chi connectivity index (χ1n) is 9.28. The number of rotatable bonds is 3. The second-order valence-corrected chi connectivity index (χ2v) is 7.82. The third-order valence-electron chi connectivity index (χ3n) is 4.85. The summed E-state index contributed by atoms with van der Waals surface area (Å²) in [5.74, 6) is 0.648. The summed E-state index contributed by atoms with van der Waals surface area (Å²) < 4.78 is 5.76. The van der Waals surface area contributed by atoms with E-state index in [2.05, 4.69) is 4.99 Å². The highest BCUT2D eigenvalue weighted by molar-refractivity contribution is 8.18. The summed E-state index contributed by atoms with van der Waals surface area (Å²) in [6.07, 6.45) is 1.62. The zero-order chi connectivity index (χ0) is 21.3. The molecule has 0 saturated carbocycles. The van der Waals surface area contributed by atoms with Crippen molar-refractivity contribution in [2.45, 2.75) is 6.92 Å². The minimum atomic E-state index is -0.460. The molecule has 1 saturated heterocycles. The van der Waals surface area contributed by atoms with Crippen LogP contribution in [0.15, 0.2) is 50.7 Å². The van der Waals surface area contributed by atoms with Gasteiger partial charge in [0.25, 0.3) is 11.6 Å². The molecule has 2 aromatic rings. The van der Waals surface area contributed by atoms with Gasteiger partial charge in [-0.1, -0.05) is 12.1 Å². The minimum absolute atomic E-state index is 0.0201. The molecule has 1 fully saturated rings. The SMILES string of the molecule is CC(=O)N1CCN(C2=NC(=O)/C(=C/c3ccc(-c4cccc([N+](=O)[O-])c4)o3)S2)CC1. The molecule has 30 heavy (non-hydrogen) atoms. The number of aliphatic imine (C=N–C) groups is 1. The van der Waals surface area contributed by atoms with Crippen LogP contribution < -0.4 is 0 Å². The molecule has 3 heterocycles. The summed E-state index contributed by atoms with van der Waals surface area (Å²) in [6.45, 7) is 4.01. The van der Waals surface area contributed by atoms with Gasteiger partial charge in [-0.2, -0.15) is 4.99 Å². The van der Waals surface area contributed by atoms with Crippen molar-refractivity contribution in [3.05, 3.63) is 57.2 Å². The second kappa shape index (κ2) is 8.15. The zero-order valence-corrected chi connectivity index (χ0v) is 16.9. The average molecular weight is 426 g/mol. The van der Waals surface area contributed by atoms with Crippen LogP contribution in [0.2, 0.25) is 0 Å². The number of non-ortho nitro benzene ring substituents is 1. The first-order valence-corrected chi connectivity index (χ1v) is 10.1. The lowest BCUT2D eigenvalue weighted by Crippen LogP contribution is -2.49. The van der Waals surface area contributed by atoms with Crippen LogP contribution in [0, 0.1) is 10.1 Å². The van der Waals surface area contributed by atoms with E-state index < -0.39 is 4.92 Å². The van der Waals surface area contributed by atoms with Crippen molar-refractivity contribution < 1.29 is 18.9 Å². The van der Waals surface area contributed by atoms with Gasteiger partial charge in [0.1, 0.15) is 11.5 Å². The maximum Gasteiger partial charge on any atom is 0.286 e. The average Bonchev–Trinajstić information content (AvgIpc) is 3.35. The first kappa shape index (κ1) is 19.9. The molecule has 2 aliphatic heterocycles. The maximum absolute atomic E-state index is 12.3. The van der Waals surface area contributed by atoms with Crippen molar-refractivity contribution in [3.63, 3.8) is 0 Å². The molecule has 2 amide bonds. The van der Waals surface area contributed by atoms with Gasteiger partial charge in [-0.3, -0.25) is 19.7 Å². The first-order chi connectivity index (χ1) is 14.4. The van der Waals surface area contributed by atoms with Crippen molar-refractivity contribution in [3.8, 4) is 11.3 Å². The number of benzene rings is 1. The van der Waals surface area contributed by atoms with E-state index in [9.17, 15) is 19.7 Å². The smallest absolute Gasteiger partial charge is 0.286 e. The Morgan fingerprint density at radius 3 is 2.70 bits per heavy atom. The van der Waals surface area contributed by atoms with Gasteiger partial charge in [-0.15, -0.1) is 0 Å². The third-order valence-corrected chi connectivity index (χ3v) is 5.89. The molecule has 1 aromatic heterocycles. The van der Waals surface area contributed by atoms with Gasteiger partial charge in [-0.25, -0.2) is 0 Å². The quantitative estimate of drug-likeness (QED) is 0.422. The van der Waals surface area contributed by atoms with Crippen LogP contribution in [0.4, 0.5) is 5.69 Å². The third kappa shape index (κ3) is 4.13. The van der Waals surface area contributed by atoms with E-state index >= 15 is 0 Å². The molecule has 0 bridgehead atoms. The number of amidine groups is 1. The monoisotopic (exact) mass is 426 g/mol. The predicted octanol–water partition coefficient (Wildman–Crippen LogP) is 2.99. The van der Waals surface area contributed by atoms with Crippen molar-refractivity contribution in [1.82, 2.24) is 9.80 Å². The normalized spacial score (nSPS) is 18.1. The Morgan fingerprint density at radius 2 is 2.00 bits per heavy atom. The number of nitrogens with zero attached hydrogens (tertiary/aromatic N) is 4. The number of carbonyl (C=O) groups excluding carboxylic acids is 2. The molecule has 0 atom stereocenters. The fourth-order valence-corrected chi connectivity index (χ4v) is 4.18. The summed E-state index contributed by atoms with van der Waals surface area (Å²) >= 11 is 1.28. The van der Waals surface area contributed by atoms with Crippen molar-refractivity contribution in [2.75, 3.05) is 26.2 Å². The van der Waals surface area contributed by atoms with Gasteiger partial charge in [0.05, 0.1) is 9.83 Å².